The molecule has 5 rings (SSSR count). The molecule has 0 radical (unpaired) electrons. The van der Waals surface area contributed by atoms with Crippen molar-refractivity contribution < 1.29 is 9.18 Å². The number of nitrogens with zero attached hydrogens (tertiary/aromatic N) is 2. The van der Waals surface area contributed by atoms with Crippen LogP contribution in [0.3, 0.4) is 0 Å². The van der Waals surface area contributed by atoms with Crippen molar-refractivity contribution in [3.8, 4) is 5.69 Å². The summed E-state index contributed by atoms with van der Waals surface area (Å²) >= 11 is 0. The molecule has 1 amide bonds. The monoisotopic (exact) mass is 375 g/mol. The summed E-state index contributed by atoms with van der Waals surface area (Å²) < 4.78 is 16.0. The molecule has 1 fully saturated rings. The lowest BCUT2D eigenvalue weighted by Gasteiger charge is -2.46. The molecule has 2 aliphatic rings. The number of likely N-dealkylation sites (tertiary alicyclic amines) is 1. The fourth-order valence-electron chi connectivity index (χ4n) is 4.47. The summed E-state index contributed by atoms with van der Waals surface area (Å²) in [6, 6.07) is 16.7. The fraction of sp³-hybridized carbons (Fsp3) is 0.261. The van der Waals surface area contributed by atoms with Crippen LogP contribution in [-0.2, 0) is 5.54 Å². The van der Waals surface area contributed by atoms with E-state index in [0.29, 0.717) is 13.1 Å². The molecule has 2 aromatic carbocycles. The van der Waals surface area contributed by atoms with Gasteiger partial charge in [0.1, 0.15) is 5.82 Å². The number of halogens is 1. The van der Waals surface area contributed by atoms with Crippen LogP contribution in [0.1, 0.15) is 34.5 Å². The van der Waals surface area contributed by atoms with Crippen molar-refractivity contribution in [2.24, 2.45) is 0 Å². The summed E-state index contributed by atoms with van der Waals surface area (Å²) in [4.78, 5) is 14.8. The Kier molecular flexibility index (Phi) is 3.79. The number of benzene rings is 2. The van der Waals surface area contributed by atoms with E-state index in [9.17, 15) is 9.18 Å². The van der Waals surface area contributed by atoms with Gasteiger partial charge in [-0.2, -0.15) is 0 Å². The zero-order valence-corrected chi connectivity index (χ0v) is 15.8. The van der Waals surface area contributed by atoms with Crippen LogP contribution >= 0.6 is 0 Å². The summed E-state index contributed by atoms with van der Waals surface area (Å²) in [6.45, 7) is 3.34. The first kappa shape index (κ1) is 17.0. The van der Waals surface area contributed by atoms with Crippen molar-refractivity contribution in [3.05, 3.63) is 83.4 Å². The summed E-state index contributed by atoms with van der Waals surface area (Å²) in [6.07, 6.45) is 3.59. The van der Waals surface area contributed by atoms with Crippen molar-refractivity contribution in [1.82, 2.24) is 9.47 Å². The lowest BCUT2D eigenvalue weighted by atomic mass is 9.82. The van der Waals surface area contributed by atoms with E-state index in [2.05, 4.69) is 16.0 Å². The van der Waals surface area contributed by atoms with Crippen molar-refractivity contribution in [1.29, 1.82) is 0 Å². The first-order chi connectivity index (χ1) is 13.6. The molecular formula is C23H22FN3O. The predicted octanol–water partition coefficient (Wildman–Crippen LogP) is 4.48. The van der Waals surface area contributed by atoms with E-state index >= 15 is 0 Å². The quantitative estimate of drug-likeness (QED) is 0.681. The molecule has 0 atom stereocenters. The van der Waals surface area contributed by atoms with Gasteiger partial charge in [0.15, 0.2) is 0 Å². The van der Waals surface area contributed by atoms with E-state index in [4.69, 9.17) is 0 Å². The average molecular weight is 375 g/mol. The Morgan fingerprint density at radius 3 is 2.57 bits per heavy atom. The Morgan fingerprint density at radius 1 is 1.07 bits per heavy atom. The Hall–Kier alpha value is -3.08. The van der Waals surface area contributed by atoms with Gasteiger partial charge < -0.3 is 14.8 Å². The molecule has 1 N–H and O–H groups in total. The van der Waals surface area contributed by atoms with E-state index in [1.807, 2.05) is 54.4 Å². The fourth-order valence-corrected chi connectivity index (χ4v) is 4.47. The first-order valence-corrected chi connectivity index (χ1v) is 9.68. The summed E-state index contributed by atoms with van der Waals surface area (Å²) in [7, 11) is 0. The molecule has 4 nitrogen and oxygen atoms in total. The first-order valence-electron chi connectivity index (χ1n) is 9.68. The predicted molar refractivity (Wildman–Crippen MR) is 107 cm³/mol. The number of rotatable bonds is 1. The number of aromatic nitrogens is 1. The Morgan fingerprint density at radius 2 is 1.82 bits per heavy atom. The molecule has 0 bridgehead atoms. The lowest BCUT2D eigenvalue weighted by Crippen LogP contribution is -2.51. The highest BCUT2D eigenvalue weighted by Crippen LogP contribution is 2.43. The topological polar surface area (TPSA) is 37.3 Å². The molecule has 1 spiro atoms. The standard InChI is InChI=1S/C23H22FN3O/c1-16-4-6-17(7-5-16)22(28)26-13-10-23(11-14-26)21-3-2-12-27(21)20-9-8-18(24)15-19(20)25-23/h2-9,12,15,25H,10-11,13-14H2,1H3. The second-order valence-corrected chi connectivity index (χ2v) is 7.79. The minimum atomic E-state index is -0.283. The maximum atomic E-state index is 13.8. The van der Waals surface area contributed by atoms with Crippen LogP contribution in [0.5, 0.6) is 0 Å². The molecule has 1 aromatic heterocycles. The zero-order valence-electron chi connectivity index (χ0n) is 15.8. The number of aryl methyl sites for hydroxylation is 1. The maximum absolute atomic E-state index is 13.8. The molecule has 5 heteroatoms. The number of carbonyl (C=O) groups excluding carboxylic acids is 1. The van der Waals surface area contributed by atoms with Gasteiger partial charge in [-0.3, -0.25) is 4.79 Å². The number of anilines is 1. The molecular weight excluding hydrogens is 353 g/mol. The number of carbonyl (C=O) groups is 1. The maximum Gasteiger partial charge on any atom is 0.253 e. The Bertz CT molecular complexity index is 1050. The van der Waals surface area contributed by atoms with E-state index in [1.165, 1.54) is 11.8 Å². The highest BCUT2D eigenvalue weighted by Gasteiger charge is 2.42. The minimum absolute atomic E-state index is 0.0764. The molecule has 28 heavy (non-hydrogen) atoms. The van der Waals surface area contributed by atoms with Crippen molar-refractivity contribution in [2.45, 2.75) is 25.3 Å². The van der Waals surface area contributed by atoms with Crippen LogP contribution in [0, 0.1) is 12.7 Å². The number of fused-ring (bicyclic) bond motifs is 4. The van der Waals surface area contributed by atoms with E-state index in [0.717, 1.165) is 35.3 Å². The van der Waals surface area contributed by atoms with Crippen LogP contribution < -0.4 is 5.32 Å². The molecule has 3 aromatic rings. The van der Waals surface area contributed by atoms with Crippen LogP contribution in [0.4, 0.5) is 10.1 Å². The van der Waals surface area contributed by atoms with Gasteiger partial charge in [-0.15, -0.1) is 0 Å². The van der Waals surface area contributed by atoms with Crippen LogP contribution in [0.15, 0.2) is 60.8 Å². The largest absolute Gasteiger partial charge is 0.372 e. The van der Waals surface area contributed by atoms with Gasteiger partial charge >= 0.3 is 0 Å². The highest BCUT2D eigenvalue weighted by molar-refractivity contribution is 5.94. The van der Waals surface area contributed by atoms with E-state index in [1.54, 1.807) is 6.07 Å². The second kappa shape index (κ2) is 6.23. The zero-order chi connectivity index (χ0) is 19.3. The van der Waals surface area contributed by atoms with Gasteiger partial charge in [0.2, 0.25) is 0 Å². The van der Waals surface area contributed by atoms with E-state index < -0.39 is 0 Å². The molecule has 3 heterocycles. The highest BCUT2D eigenvalue weighted by atomic mass is 19.1. The number of hydrogen-bond acceptors (Lipinski definition) is 2. The van der Waals surface area contributed by atoms with E-state index in [-0.39, 0.29) is 17.3 Å². The summed E-state index contributed by atoms with van der Waals surface area (Å²) in [5.41, 5.74) is 4.54. The third-order valence-corrected chi connectivity index (χ3v) is 6.03. The Labute approximate surface area is 163 Å². The molecule has 0 saturated carbocycles. The third-order valence-electron chi connectivity index (χ3n) is 6.03. The smallest absolute Gasteiger partial charge is 0.253 e. The number of amides is 1. The number of hydrogen-bond donors (Lipinski definition) is 1. The SMILES string of the molecule is Cc1ccc(C(=O)N2CCC3(CC2)Nc2cc(F)ccc2-n2cccc23)cc1. The van der Waals surface area contributed by atoms with Gasteiger partial charge in [-0.25, -0.2) is 4.39 Å². The van der Waals surface area contributed by atoms with Gasteiger partial charge in [-0.05, 0) is 62.2 Å². The van der Waals surface area contributed by atoms with Gasteiger partial charge in [0, 0.05) is 30.5 Å². The summed E-state index contributed by atoms with van der Waals surface area (Å²) in [5, 5.41) is 3.60. The van der Waals surface area contributed by atoms with Crippen molar-refractivity contribution in [3.63, 3.8) is 0 Å². The molecule has 2 aliphatic heterocycles. The molecule has 142 valence electrons. The van der Waals surface area contributed by atoms with Crippen LogP contribution in [0.2, 0.25) is 0 Å². The number of nitrogens with one attached hydrogen (secondary N) is 1. The normalized spacial score (nSPS) is 17.0. The van der Waals surface area contributed by atoms with Gasteiger partial charge in [-0.1, -0.05) is 17.7 Å². The molecule has 0 unspecified atom stereocenters. The van der Waals surface area contributed by atoms with Crippen molar-refractivity contribution in [2.75, 3.05) is 18.4 Å². The average Bonchev–Trinajstić information content (AvgIpc) is 3.20. The lowest BCUT2D eigenvalue weighted by molar-refractivity contribution is 0.0676. The number of piperidine rings is 1. The van der Waals surface area contributed by atoms with Crippen LogP contribution in [0.25, 0.3) is 5.69 Å². The Balaban J connectivity index is 1.41. The van der Waals surface area contributed by atoms with Gasteiger partial charge in [0.25, 0.3) is 5.91 Å². The molecule has 0 aliphatic carbocycles. The minimum Gasteiger partial charge on any atom is -0.372 e. The molecule has 1 saturated heterocycles. The van der Waals surface area contributed by atoms with Crippen molar-refractivity contribution >= 4 is 11.6 Å². The third kappa shape index (κ3) is 2.61. The van der Waals surface area contributed by atoms with Gasteiger partial charge in [0.05, 0.1) is 16.9 Å². The van der Waals surface area contributed by atoms with Crippen LogP contribution in [-0.4, -0.2) is 28.5 Å². The second-order valence-electron chi connectivity index (χ2n) is 7.79. The summed E-state index contributed by atoms with van der Waals surface area (Å²) in [5.74, 6) is -0.170.